The molecule has 1 aromatic carbocycles. The third-order valence-electron chi connectivity index (χ3n) is 2.94. The third-order valence-corrected chi connectivity index (χ3v) is 3.69. The fraction of sp³-hybridized carbons (Fsp3) is 0.429. The first-order valence-electron chi connectivity index (χ1n) is 5.83. The molecular formula is C14H18N2OS. The number of benzene rings is 1. The largest absolute Gasteiger partial charge is 0.295 e. The van der Waals surface area contributed by atoms with Crippen LogP contribution in [0.4, 0.5) is 0 Å². The lowest BCUT2D eigenvalue weighted by atomic mass is 10.1. The maximum atomic E-state index is 12.0. The lowest BCUT2D eigenvalue weighted by Gasteiger charge is -2.21. The Kier molecular flexibility index (Phi) is 5.90. The molecule has 18 heavy (non-hydrogen) atoms. The predicted octanol–water partition coefficient (Wildman–Crippen LogP) is 2.83. The summed E-state index contributed by atoms with van der Waals surface area (Å²) >= 11 is 1.66. The van der Waals surface area contributed by atoms with Gasteiger partial charge in [-0.3, -0.25) is 9.69 Å². The molecule has 1 aromatic rings. The highest BCUT2D eigenvalue weighted by atomic mass is 32.2. The summed E-state index contributed by atoms with van der Waals surface area (Å²) in [5.41, 5.74) is 0.726. The van der Waals surface area contributed by atoms with Gasteiger partial charge in [0.15, 0.2) is 5.78 Å². The van der Waals surface area contributed by atoms with Crippen LogP contribution in [-0.4, -0.2) is 36.6 Å². The van der Waals surface area contributed by atoms with Crippen LogP contribution in [0.15, 0.2) is 29.2 Å². The molecule has 4 heteroatoms. The summed E-state index contributed by atoms with van der Waals surface area (Å²) in [5, 5.41) is 8.63. The summed E-state index contributed by atoms with van der Waals surface area (Å²) in [6.07, 6.45) is 2.45. The van der Waals surface area contributed by atoms with Crippen LogP contribution in [-0.2, 0) is 0 Å². The third kappa shape index (κ3) is 4.17. The summed E-state index contributed by atoms with van der Waals surface area (Å²) in [4.78, 5) is 15.1. The van der Waals surface area contributed by atoms with Gasteiger partial charge in [-0.2, -0.15) is 5.26 Å². The number of hydrogen-bond donors (Lipinski definition) is 0. The van der Waals surface area contributed by atoms with Crippen LogP contribution in [0.3, 0.4) is 0 Å². The van der Waals surface area contributed by atoms with Gasteiger partial charge in [-0.15, -0.1) is 11.8 Å². The monoisotopic (exact) mass is 262 g/mol. The van der Waals surface area contributed by atoms with Crippen molar-refractivity contribution in [2.45, 2.75) is 24.3 Å². The second-order valence-corrected chi connectivity index (χ2v) is 5.16. The molecule has 0 aliphatic carbocycles. The number of ketones is 1. The minimum absolute atomic E-state index is 0.0925. The maximum Gasteiger partial charge on any atom is 0.176 e. The predicted molar refractivity (Wildman–Crippen MR) is 74.9 cm³/mol. The van der Waals surface area contributed by atoms with Gasteiger partial charge in [0, 0.05) is 16.5 Å². The van der Waals surface area contributed by atoms with E-state index in [1.807, 2.05) is 49.4 Å². The smallest absolute Gasteiger partial charge is 0.176 e. The van der Waals surface area contributed by atoms with Gasteiger partial charge in [0.25, 0.3) is 0 Å². The van der Waals surface area contributed by atoms with E-state index < -0.39 is 0 Å². The Labute approximate surface area is 113 Å². The zero-order valence-corrected chi connectivity index (χ0v) is 11.8. The molecule has 3 nitrogen and oxygen atoms in total. The maximum absolute atomic E-state index is 12.0. The average Bonchev–Trinajstić information content (AvgIpc) is 2.39. The van der Waals surface area contributed by atoms with Crippen molar-refractivity contribution in [3.63, 3.8) is 0 Å². The summed E-state index contributed by atoms with van der Waals surface area (Å²) in [5.74, 6) is 0.0925. The Hall–Kier alpha value is -1.31. The lowest BCUT2D eigenvalue weighted by molar-refractivity contribution is 0.0925. The van der Waals surface area contributed by atoms with Crippen LogP contribution in [0.2, 0.25) is 0 Å². The number of nitriles is 1. The number of rotatable bonds is 6. The number of thioether (sulfide) groups is 1. The molecule has 1 rings (SSSR count). The van der Waals surface area contributed by atoms with Crippen molar-refractivity contribution in [3.05, 3.63) is 29.8 Å². The van der Waals surface area contributed by atoms with Crippen molar-refractivity contribution < 1.29 is 4.79 Å². The van der Waals surface area contributed by atoms with Gasteiger partial charge in [0.05, 0.1) is 19.0 Å². The molecule has 0 saturated heterocycles. The van der Waals surface area contributed by atoms with E-state index in [2.05, 4.69) is 6.07 Å². The van der Waals surface area contributed by atoms with Gasteiger partial charge in [0.1, 0.15) is 0 Å². The number of likely N-dealkylation sites (N-methyl/N-ethyl adjacent to an activating group) is 1. The Bertz CT molecular complexity index is 436. The Morgan fingerprint density at radius 2 is 2.06 bits per heavy atom. The molecular weight excluding hydrogens is 244 g/mol. The summed E-state index contributed by atoms with van der Waals surface area (Å²) < 4.78 is 0. The van der Waals surface area contributed by atoms with Gasteiger partial charge in [-0.1, -0.05) is 12.1 Å². The Morgan fingerprint density at radius 1 is 1.44 bits per heavy atom. The first-order valence-corrected chi connectivity index (χ1v) is 7.05. The summed E-state index contributed by atoms with van der Waals surface area (Å²) in [6, 6.07) is 9.85. The van der Waals surface area contributed by atoms with Crippen molar-refractivity contribution in [1.82, 2.24) is 4.90 Å². The molecule has 0 aliphatic heterocycles. The fourth-order valence-electron chi connectivity index (χ4n) is 1.54. The lowest BCUT2D eigenvalue weighted by Crippen LogP contribution is -2.33. The molecule has 0 fully saturated rings. The van der Waals surface area contributed by atoms with Crippen molar-refractivity contribution in [3.8, 4) is 6.07 Å². The van der Waals surface area contributed by atoms with Crippen LogP contribution in [0.1, 0.15) is 23.7 Å². The molecule has 0 aromatic heterocycles. The van der Waals surface area contributed by atoms with Crippen LogP contribution >= 0.6 is 11.8 Å². The first kappa shape index (κ1) is 14.7. The molecule has 0 amide bonds. The number of carbonyl (C=O) groups is 1. The minimum atomic E-state index is 0.0925. The summed E-state index contributed by atoms with van der Waals surface area (Å²) in [6.45, 7) is 2.30. The number of Topliss-reactive ketones (excluding diaryl/α,β-unsaturated/α-hetero) is 1. The van der Waals surface area contributed by atoms with E-state index in [-0.39, 0.29) is 11.8 Å². The van der Waals surface area contributed by atoms with Crippen molar-refractivity contribution in [1.29, 1.82) is 5.26 Å². The molecule has 0 bridgehead atoms. The van der Waals surface area contributed by atoms with Crippen LogP contribution in [0.25, 0.3) is 0 Å². The fourth-order valence-corrected chi connectivity index (χ4v) is 1.95. The van der Waals surface area contributed by atoms with Gasteiger partial charge in [-0.25, -0.2) is 0 Å². The Morgan fingerprint density at radius 3 is 2.56 bits per heavy atom. The molecule has 0 saturated carbocycles. The highest BCUT2D eigenvalue weighted by molar-refractivity contribution is 7.98. The van der Waals surface area contributed by atoms with E-state index in [1.165, 1.54) is 0 Å². The molecule has 0 N–H and O–H groups in total. The van der Waals surface area contributed by atoms with Crippen LogP contribution < -0.4 is 0 Å². The van der Waals surface area contributed by atoms with E-state index in [9.17, 15) is 4.79 Å². The van der Waals surface area contributed by atoms with E-state index in [0.29, 0.717) is 13.0 Å². The van der Waals surface area contributed by atoms with E-state index in [1.54, 1.807) is 11.8 Å². The van der Waals surface area contributed by atoms with Gasteiger partial charge in [-0.05, 0) is 32.4 Å². The van der Waals surface area contributed by atoms with Crippen LogP contribution in [0.5, 0.6) is 0 Å². The molecule has 0 heterocycles. The molecule has 1 atom stereocenters. The highest BCUT2D eigenvalue weighted by Gasteiger charge is 2.14. The topological polar surface area (TPSA) is 44.1 Å². The second-order valence-electron chi connectivity index (χ2n) is 4.28. The number of nitrogens with zero attached hydrogens (tertiary/aromatic N) is 2. The quantitative estimate of drug-likeness (QED) is 0.584. The van der Waals surface area contributed by atoms with Crippen molar-refractivity contribution in [2.24, 2.45) is 0 Å². The molecule has 1 unspecified atom stereocenters. The molecule has 96 valence electrons. The normalized spacial score (nSPS) is 12.2. The van der Waals surface area contributed by atoms with Crippen LogP contribution in [0, 0.1) is 11.3 Å². The van der Waals surface area contributed by atoms with E-state index in [4.69, 9.17) is 5.26 Å². The molecule has 0 radical (unpaired) electrons. The Balaban J connectivity index is 2.62. The van der Waals surface area contributed by atoms with Crippen molar-refractivity contribution >= 4 is 17.5 Å². The second kappa shape index (κ2) is 7.20. The average molecular weight is 262 g/mol. The minimum Gasteiger partial charge on any atom is -0.295 e. The first-order chi connectivity index (χ1) is 8.58. The number of hydrogen-bond acceptors (Lipinski definition) is 4. The SMILES string of the molecule is CSc1ccc(C(=O)CN(C)C(C)CC#N)cc1. The van der Waals surface area contributed by atoms with E-state index in [0.717, 1.165) is 10.5 Å². The van der Waals surface area contributed by atoms with Gasteiger partial charge < -0.3 is 0 Å². The standard InChI is InChI=1S/C14H18N2OS/c1-11(8-9-15)16(2)10-14(17)12-4-6-13(18-3)7-5-12/h4-7,11H,8,10H2,1-3H3. The molecule has 0 spiro atoms. The highest BCUT2D eigenvalue weighted by Crippen LogP contribution is 2.15. The van der Waals surface area contributed by atoms with Crippen molar-refractivity contribution in [2.75, 3.05) is 19.8 Å². The molecule has 0 aliphatic rings. The van der Waals surface area contributed by atoms with E-state index >= 15 is 0 Å². The zero-order valence-electron chi connectivity index (χ0n) is 11.0. The van der Waals surface area contributed by atoms with Gasteiger partial charge in [0.2, 0.25) is 0 Å². The zero-order chi connectivity index (χ0) is 13.5. The number of carbonyl (C=O) groups excluding carboxylic acids is 1. The summed E-state index contributed by atoms with van der Waals surface area (Å²) in [7, 11) is 1.87. The van der Waals surface area contributed by atoms with Gasteiger partial charge >= 0.3 is 0 Å².